The lowest BCUT2D eigenvalue weighted by Crippen LogP contribution is -2.29. The Morgan fingerprint density at radius 3 is 2.07 bits per heavy atom. The third-order valence-corrected chi connectivity index (χ3v) is 5.01. The van der Waals surface area contributed by atoms with Crippen LogP contribution >= 0.6 is 0 Å². The Balaban J connectivity index is 2.23. The van der Waals surface area contributed by atoms with Crippen LogP contribution in [0.15, 0.2) is 41.3 Å². The van der Waals surface area contributed by atoms with Gasteiger partial charge in [0.05, 0.1) is 5.57 Å². The average Bonchev–Trinajstić information content (AvgIpc) is 2.79. The van der Waals surface area contributed by atoms with Crippen LogP contribution in [0.2, 0.25) is 0 Å². The van der Waals surface area contributed by atoms with Gasteiger partial charge in [-0.1, -0.05) is 6.07 Å². The summed E-state index contributed by atoms with van der Waals surface area (Å²) >= 11 is 0. The zero-order chi connectivity index (χ0) is 20.1. The molecule has 0 saturated carbocycles. The highest BCUT2D eigenvalue weighted by Crippen LogP contribution is 2.41. The van der Waals surface area contributed by atoms with Crippen LogP contribution in [-0.4, -0.2) is 19.8 Å². The number of carbonyl (C=O) groups excluding carboxylic acids is 1. The van der Waals surface area contributed by atoms with Crippen molar-refractivity contribution in [2.45, 2.75) is 24.3 Å². The molecule has 0 atom stereocenters. The highest BCUT2D eigenvalue weighted by atomic mass is 32.2. The number of sulfonamides is 1. The van der Waals surface area contributed by atoms with Crippen LogP contribution in [-0.2, 0) is 19.6 Å². The van der Waals surface area contributed by atoms with Crippen LogP contribution in [0.3, 0.4) is 0 Å². The predicted molar refractivity (Wildman–Crippen MR) is 91.1 cm³/mol. The van der Waals surface area contributed by atoms with Crippen molar-refractivity contribution >= 4 is 27.1 Å². The molecule has 0 spiro atoms. The molecule has 9 heteroatoms. The summed E-state index contributed by atoms with van der Waals surface area (Å²) in [5, 5.41) is 4.93. The van der Waals surface area contributed by atoms with Crippen LogP contribution in [0.5, 0.6) is 0 Å². The summed E-state index contributed by atoms with van der Waals surface area (Å²) in [6.07, 6.45) is 0. The van der Waals surface area contributed by atoms with E-state index in [0.717, 1.165) is 24.3 Å². The Morgan fingerprint density at radius 2 is 1.52 bits per heavy atom. The number of ketones is 1. The third kappa shape index (κ3) is 3.35. The maximum atomic E-state index is 14.2. The maximum absolute atomic E-state index is 14.2. The lowest BCUT2D eigenvalue weighted by atomic mass is 9.92. The van der Waals surface area contributed by atoms with Crippen molar-refractivity contribution in [2.24, 2.45) is 5.14 Å². The molecular formula is C18H14F3NO4S. The fraction of sp³-hybridized carbons (Fsp3) is 0.167. The van der Waals surface area contributed by atoms with E-state index in [9.17, 15) is 26.4 Å². The van der Waals surface area contributed by atoms with Crippen LogP contribution in [0, 0.1) is 17.5 Å². The van der Waals surface area contributed by atoms with E-state index < -0.39 is 43.8 Å². The van der Waals surface area contributed by atoms with E-state index in [0.29, 0.717) is 0 Å². The van der Waals surface area contributed by atoms with Gasteiger partial charge in [0.1, 0.15) is 16.5 Å². The van der Waals surface area contributed by atoms with E-state index in [1.54, 1.807) is 0 Å². The van der Waals surface area contributed by atoms with E-state index in [2.05, 4.69) is 0 Å². The molecule has 0 unspecified atom stereocenters. The molecule has 1 aliphatic rings. The van der Waals surface area contributed by atoms with Crippen molar-refractivity contribution < 1.29 is 31.1 Å². The minimum Gasteiger partial charge on any atom is -0.478 e. The van der Waals surface area contributed by atoms with Gasteiger partial charge in [-0.05, 0) is 49.7 Å². The van der Waals surface area contributed by atoms with E-state index >= 15 is 0 Å². The zero-order valence-corrected chi connectivity index (χ0v) is 15.0. The number of halogens is 3. The molecule has 0 aliphatic carbocycles. The van der Waals surface area contributed by atoms with E-state index in [1.807, 2.05) is 0 Å². The molecule has 1 aliphatic heterocycles. The number of nitrogens with two attached hydrogens (primary N) is 1. The van der Waals surface area contributed by atoms with Gasteiger partial charge in [0.25, 0.3) is 0 Å². The van der Waals surface area contributed by atoms with Gasteiger partial charge in [0, 0.05) is 5.56 Å². The standard InChI is InChI=1S/C18H14F3NO4S/c1-18(2)17(23)15(9-3-5-11(19)12(20)7-9)16(26-18)10-4-6-14(13(21)8-10)27(22,24)25/h3-8H,1-2H3,(H2,22,24,25). The van der Waals surface area contributed by atoms with Gasteiger partial charge in [-0.25, -0.2) is 26.7 Å². The number of Topliss-reactive ketones (excluding diaryl/α,β-unsaturated/α-hetero) is 1. The SMILES string of the molecule is CC1(C)OC(c2ccc(S(N)(=O)=O)c(F)c2)=C(c2ccc(F)c(F)c2)C1=O. The van der Waals surface area contributed by atoms with Crippen LogP contribution < -0.4 is 5.14 Å². The highest BCUT2D eigenvalue weighted by Gasteiger charge is 2.43. The number of rotatable bonds is 3. The molecule has 2 N–H and O–H groups in total. The molecule has 0 bridgehead atoms. The fourth-order valence-electron chi connectivity index (χ4n) is 2.75. The summed E-state index contributed by atoms with van der Waals surface area (Å²) in [6, 6.07) is 5.90. The first-order valence-electron chi connectivity index (χ1n) is 7.68. The van der Waals surface area contributed by atoms with Gasteiger partial charge in [-0.15, -0.1) is 0 Å². The molecule has 142 valence electrons. The van der Waals surface area contributed by atoms with Gasteiger partial charge >= 0.3 is 0 Å². The van der Waals surface area contributed by atoms with Gasteiger partial charge < -0.3 is 4.74 Å². The number of hydrogen-bond donors (Lipinski definition) is 1. The predicted octanol–water partition coefficient (Wildman–Crippen LogP) is 3.00. The maximum Gasteiger partial charge on any atom is 0.240 e. The third-order valence-electron chi connectivity index (χ3n) is 4.07. The molecule has 0 radical (unpaired) electrons. The van der Waals surface area contributed by atoms with Gasteiger partial charge in [-0.2, -0.15) is 0 Å². The van der Waals surface area contributed by atoms with Gasteiger partial charge in [-0.3, -0.25) is 4.79 Å². The molecule has 2 aromatic rings. The second kappa shape index (κ2) is 6.21. The summed E-state index contributed by atoms with van der Waals surface area (Å²) < 4.78 is 69.4. The molecule has 2 aromatic carbocycles. The number of ether oxygens (including phenoxy) is 1. The van der Waals surface area contributed by atoms with Crippen molar-refractivity contribution in [3.8, 4) is 0 Å². The normalized spacial score (nSPS) is 16.6. The topological polar surface area (TPSA) is 86.5 Å². The minimum atomic E-state index is -4.27. The number of benzene rings is 2. The summed E-state index contributed by atoms with van der Waals surface area (Å²) in [5.74, 6) is -3.97. The molecule has 0 fully saturated rings. The van der Waals surface area contributed by atoms with Crippen LogP contribution in [0.4, 0.5) is 13.2 Å². The largest absolute Gasteiger partial charge is 0.478 e. The highest BCUT2D eigenvalue weighted by molar-refractivity contribution is 7.89. The summed E-state index contributed by atoms with van der Waals surface area (Å²) in [6.45, 7) is 2.94. The summed E-state index contributed by atoms with van der Waals surface area (Å²) in [4.78, 5) is 12.0. The van der Waals surface area contributed by atoms with E-state index in [1.165, 1.54) is 26.0 Å². The van der Waals surface area contributed by atoms with E-state index in [-0.39, 0.29) is 22.5 Å². The van der Waals surface area contributed by atoms with Crippen molar-refractivity contribution in [3.05, 3.63) is 65.0 Å². The molecule has 0 saturated heterocycles. The first-order chi connectivity index (χ1) is 12.4. The Kier molecular flexibility index (Phi) is 4.40. The first kappa shape index (κ1) is 19.1. The van der Waals surface area contributed by atoms with Gasteiger partial charge in [0.2, 0.25) is 15.8 Å². The van der Waals surface area contributed by atoms with Crippen molar-refractivity contribution in [3.63, 3.8) is 0 Å². The molecule has 5 nitrogen and oxygen atoms in total. The van der Waals surface area contributed by atoms with E-state index in [4.69, 9.17) is 9.88 Å². The number of primary sulfonamides is 1. The molecule has 27 heavy (non-hydrogen) atoms. The van der Waals surface area contributed by atoms with Crippen molar-refractivity contribution in [1.82, 2.24) is 0 Å². The first-order valence-corrected chi connectivity index (χ1v) is 9.22. The van der Waals surface area contributed by atoms with Crippen molar-refractivity contribution in [2.75, 3.05) is 0 Å². The fourth-order valence-corrected chi connectivity index (χ4v) is 3.34. The summed E-state index contributed by atoms with van der Waals surface area (Å²) in [7, 11) is -4.27. The second-order valence-corrected chi connectivity index (χ2v) is 7.99. The second-order valence-electron chi connectivity index (χ2n) is 6.46. The lowest BCUT2D eigenvalue weighted by molar-refractivity contribution is -0.125. The van der Waals surface area contributed by atoms with Gasteiger partial charge in [0.15, 0.2) is 17.2 Å². The van der Waals surface area contributed by atoms with Crippen molar-refractivity contribution in [1.29, 1.82) is 0 Å². The average molecular weight is 397 g/mol. The smallest absolute Gasteiger partial charge is 0.240 e. The summed E-state index contributed by atoms with van der Waals surface area (Å²) in [5.41, 5.74) is -1.29. The minimum absolute atomic E-state index is 0.0513. The molecular weight excluding hydrogens is 383 g/mol. The molecule has 1 heterocycles. The Labute approximate surface area is 153 Å². The molecule has 0 aromatic heterocycles. The Morgan fingerprint density at radius 1 is 0.926 bits per heavy atom. The lowest BCUT2D eigenvalue weighted by Gasteiger charge is -2.18. The molecule has 0 amide bonds. The number of carbonyl (C=O) groups is 1. The number of hydrogen-bond acceptors (Lipinski definition) is 4. The Bertz CT molecular complexity index is 1110. The zero-order valence-electron chi connectivity index (χ0n) is 14.2. The van der Waals surface area contributed by atoms with Crippen LogP contribution in [0.25, 0.3) is 11.3 Å². The molecule has 3 rings (SSSR count). The Hall–Kier alpha value is -2.65. The van der Waals surface area contributed by atoms with Crippen LogP contribution in [0.1, 0.15) is 25.0 Å². The monoisotopic (exact) mass is 397 g/mol. The quantitative estimate of drug-likeness (QED) is 0.863.